The fourth-order valence-electron chi connectivity index (χ4n) is 0.382. The third kappa shape index (κ3) is 5.11. The Bertz CT molecular complexity index is 97.1. The van der Waals surface area contributed by atoms with E-state index in [1.54, 1.807) is 13.2 Å². The molecule has 0 bridgehead atoms. The van der Waals surface area contributed by atoms with Gasteiger partial charge in [0.05, 0.1) is 13.4 Å². The molecule has 0 saturated carbocycles. The zero-order valence-electron chi connectivity index (χ0n) is 5.54. The van der Waals surface area contributed by atoms with Gasteiger partial charge in [0.1, 0.15) is 6.10 Å². The van der Waals surface area contributed by atoms with Crippen molar-refractivity contribution in [1.29, 1.82) is 0 Å². The van der Waals surface area contributed by atoms with Gasteiger partial charge in [-0.3, -0.25) is 0 Å². The molecular formula is C7H11O2. The van der Waals surface area contributed by atoms with Crippen molar-refractivity contribution in [2.24, 2.45) is 0 Å². The van der Waals surface area contributed by atoms with Gasteiger partial charge in [0.15, 0.2) is 0 Å². The van der Waals surface area contributed by atoms with E-state index in [1.807, 2.05) is 0 Å². The number of rotatable bonds is 4. The second-order valence-corrected chi connectivity index (χ2v) is 1.62. The highest BCUT2D eigenvalue weighted by molar-refractivity contribution is 4.86. The Kier molecular flexibility index (Phi) is 4.92. The molecule has 0 aliphatic carbocycles. The minimum Gasteiger partial charge on any atom is -0.505 e. The van der Waals surface area contributed by atoms with E-state index in [0.29, 0.717) is 6.42 Å². The van der Waals surface area contributed by atoms with Gasteiger partial charge in [-0.15, -0.1) is 6.58 Å². The maximum absolute atomic E-state index is 10.5. The molecular weight excluding hydrogens is 116 g/mol. The Morgan fingerprint density at radius 3 is 2.89 bits per heavy atom. The molecule has 0 aliphatic heterocycles. The molecule has 0 aromatic rings. The summed E-state index contributed by atoms with van der Waals surface area (Å²) in [5.74, 6) is 0. The van der Waals surface area contributed by atoms with E-state index < -0.39 is 6.10 Å². The molecule has 51 valence electrons. The highest BCUT2D eigenvalue weighted by Gasteiger charge is 1.93. The minimum atomic E-state index is -0.698. The molecule has 0 aromatic heterocycles. The van der Waals surface area contributed by atoms with Gasteiger partial charge in [-0.25, -0.2) is 5.11 Å². The number of methoxy groups -OCH3 is 1. The molecule has 1 atom stereocenters. The summed E-state index contributed by atoms with van der Waals surface area (Å²) in [5.41, 5.74) is 0. The van der Waals surface area contributed by atoms with Gasteiger partial charge < -0.3 is 4.74 Å². The summed E-state index contributed by atoms with van der Waals surface area (Å²) in [6.07, 6.45) is 4.31. The quantitative estimate of drug-likeness (QED) is 0.416. The van der Waals surface area contributed by atoms with Crippen molar-refractivity contribution in [3.63, 3.8) is 0 Å². The maximum atomic E-state index is 10.5. The maximum Gasteiger partial charge on any atom is 0.114 e. The third-order valence-electron chi connectivity index (χ3n) is 0.864. The molecule has 0 spiro atoms. The van der Waals surface area contributed by atoms with Gasteiger partial charge in [0.25, 0.3) is 0 Å². The van der Waals surface area contributed by atoms with Crippen LogP contribution in [0.3, 0.4) is 0 Å². The first-order valence-electron chi connectivity index (χ1n) is 2.77. The number of hydrogen-bond acceptors (Lipinski definition) is 1. The van der Waals surface area contributed by atoms with Crippen LogP contribution in [0.15, 0.2) is 25.0 Å². The SMILES string of the molecule is C=CC([O])C/C=C/OC. The van der Waals surface area contributed by atoms with Crippen molar-refractivity contribution in [3.05, 3.63) is 25.0 Å². The van der Waals surface area contributed by atoms with Crippen LogP contribution in [0.4, 0.5) is 0 Å². The summed E-state index contributed by atoms with van der Waals surface area (Å²) in [4.78, 5) is 0. The summed E-state index contributed by atoms with van der Waals surface area (Å²) in [7, 11) is 1.55. The van der Waals surface area contributed by atoms with E-state index in [0.717, 1.165) is 0 Å². The first kappa shape index (κ1) is 8.24. The standard InChI is InChI=1S/C7H11O2/c1-3-7(8)5-4-6-9-2/h3-4,6-7H,1,5H2,2H3/b6-4+. The highest BCUT2D eigenvalue weighted by atomic mass is 16.5. The minimum absolute atomic E-state index is 0.456. The molecule has 2 nitrogen and oxygen atoms in total. The predicted molar refractivity (Wildman–Crippen MR) is 35.4 cm³/mol. The van der Waals surface area contributed by atoms with Crippen LogP contribution in [0.1, 0.15) is 6.42 Å². The summed E-state index contributed by atoms with van der Waals surface area (Å²) in [6, 6.07) is 0. The van der Waals surface area contributed by atoms with Crippen molar-refractivity contribution < 1.29 is 9.84 Å². The third-order valence-corrected chi connectivity index (χ3v) is 0.864. The molecule has 0 amide bonds. The van der Waals surface area contributed by atoms with Gasteiger partial charge in [0, 0.05) is 6.42 Å². The molecule has 0 aliphatic rings. The lowest BCUT2D eigenvalue weighted by Crippen LogP contribution is -1.95. The molecule has 1 unspecified atom stereocenters. The van der Waals surface area contributed by atoms with Gasteiger partial charge in [-0.2, -0.15) is 0 Å². The van der Waals surface area contributed by atoms with Crippen LogP contribution in [-0.4, -0.2) is 13.2 Å². The van der Waals surface area contributed by atoms with Crippen LogP contribution in [0.25, 0.3) is 0 Å². The lowest BCUT2D eigenvalue weighted by Gasteiger charge is -1.93. The van der Waals surface area contributed by atoms with Crippen LogP contribution in [0.5, 0.6) is 0 Å². The summed E-state index contributed by atoms with van der Waals surface area (Å²) in [5, 5.41) is 10.5. The van der Waals surface area contributed by atoms with Crippen LogP contribution >= 0.6 is 0 Å². The highest BCUT2D eigenvalue weighted by Crippen LogP contribution is 1.93. The molecule has 0 rings (SSSR count). The van der Waals surface area contributed by atoms with Crippen molar-refractivity contribution in [2.45, 2.75) is 12.5 Å². The van der Waals surface area contributed by atoms with Crippen molar-refractivity contribution in [1.82, 2.24) is 0 Å². The Morgan fingerprint density at radius 1 is 1.78 bits per heavy atom. The smallest absolute Gasteiger partial charge is 0.114 e. The number of ether oxygens (including phenoxy) is 1. The number of hydrogen-bond donors (Lipinski definition) is 0. The molecule has 0 saturated heterocycles. The first-order valence-corrected chi connectivity index (χ1v) is 2.77. The topological polar surface area (TPSA) is 29.1 Å². The zero-order valence-corrected chi connectivity index (χ0v) is 5.54. The van der Waals surface area contributed by atoms with E-state index >= 15 is 0 Å². The second kappa shape index (κ2) is 5.38. The monoisotopic (exact) mass is 127 g/mol. The zero-order chi connectivity index (χ0) is 7.11. The van der Waals surface area contributed by atoms with E-state index in [9.17, 15) is 5.11 Å². The van der Waals surface area contributed by atoms with E-state index in [2.05, 4.69) is 11.3 Å². The lowest BCUT2D eigenvalue weighted by atomic mass is 10.2. The van der Waals surface area contributed by atoms with E-state index in [4.69, 9.17) is 0 Å². The largest absolute Gasteiger partial charge is 0.505 e. The van der Waals surface area contributed by atoms with Crippen LogP contribution in [0.2, 0.25) is 0 Å². The molecule has 0 N–H and O–H groups in total. The van der Waals surface area contributed by atoms with E-state index in [1.165, 1.54) is 12.3 Å². The Hall–Kier alpha value is -0.760. The second-order valence-electron chi connectivity index (χ2n) is 1.62. The van der Waals surface area contributed by atoms with Crippen molar-refractivity contribution in [3.8, 4) is 0 Å². The summed E-state index contributed by atoms with van der Waals surface area (Å²) >= 11 is 0. The molecule has 2 heteroatoms. The fourth-order valence-corrected chi connectivity index (χ4v) is 0.382. The Morgan fingerprint density at radius 2 is 2.44 bits per heavy atom. The Balaban J connectivity index is 3.25. The Labute approximate surface area is 55.5 Å². The predicted octanol–water partition coefficient (Wildman–Crippen LogP) is 1.52. The van der Waals surface area contributed by atoms with Gasteiger partial charge in [-0.05, 0) is 6.08 Å². The molecule has 1 radical (unpaired) electrons. The molecule has 0 aromatic carbocycles. The van der Waals surface area contributed by atoms with Crippen molar-refractivity contribution in [2.75, 3.05) is 7.11 Å². The van der Waals surface area contributed by atoms with Gasteiger partial charge in [0.2, 0.25) is 0 Å². The average Bonchev–Trinajstić information content (AvgIpc) is 1.89. The van der Waals surface area contributed by atoms with E-state index in [-0.39, 0.29) is 0 Å². The summed E-state index contributed by atoms with van der Waals surface area (Å²) in [6.45, 7) is 3.35. The van der Waals surface area contributed by atoms with Crippen LogP contribution in [-0.2, 0) is 9.84 Å². The average molecular weight is 127 g/mol. The van der Waals surface area contributed by atoms with Crippen LogP contribution < -0.4 is 0 Å². The normalized spacial score (nSPS) is 13.6. The first-order chi connectivity index (χ1) is 4.31. The van der Waals surface area contributed by atoms with Crippen LogP contribution in [0, 0.1) is 0 Å². The summed E-state index contributed by atoms with van der Waals surface area (Å²) < 4.78 is 4.58. The van der Waals surface area contributed by atoms with Crippen molar-refractivity contribution >= 4 is 0 Å². The van der Waals surface area contributed by atoms with Gasteiger partial charge >= 0.3 is 0 Å². The molecule has 0 heterocycles. The fraction of sp³-hybridized carbons (Fsp3) is 0.429. The lowest BCUT2D eigenvalue weighted by molar-refractivity contribution is 0.132. The molecule has 0 fully saturated rings. The molecule has 9 heavy (non-hydrogen) atoms. The van der Waals surface area contributed by atoms with Gasteiger partial charge in [-0.1, -0.05) is 6.08 Å².